The van der Waals surface area contributed by atoms with Crippen molar-refractivity contribution in [2.45, 2.75) is 19.4 Å². The van der Waals surface area contributed by atoms with Crippen LogP contribution < -0.4 is 11.3 Å². The van der Waals surface area contributed by atoms with Gasteiger partial charge in [0.1, 0.15) is 17.5 Å². The van der Waals surface area contributed by atoms with E-state index in [9.17, 15) is 4.39 Å². The molecule has 0 spiro atoms. The number of rotatable bonds is 3. The fourth-order valence-corrected chi connectivity index (χ4v) is 2.29. The van der Waals surface area contributed by atoms with E-state index in [1.54, 1.807) is 18.2 Å². The first-order valence-electron chi connectivity index (χ1n) is 6.44. The Hall–Kier alpha value is -2.05. The molecule has 0 bridgehead atoms. The monoisotopic (exact) mass is 274 g/mol. The molecular formula is C14H15FN4O. The molecule has 0 radical (unpaired) electrons. The summed E-state index contributed by atoms with van der Waals surface area (Å²) in [5.74, 6) is 6.36. The van der Waals surface area contributed by atoms with Gasteiger partial charge in [0.05, 0.1) is 18.9 Å². The van der Waals surface area contributed by atoms with Crippen molar-refractivity contribution >= 4 is 5.82 Å². The van der Waals surface area contributed by atoms with E-state index in [0.29, 0.717) is 36.8 Å². The Labute approximate surface area is 116 Å². The summed E-state index contributed by atoms with van der Waals surface area (Å²) in [6, 6.07) is 6.63. The zero-order chi connectivity index (χ0) is 13.9. The molecule has 1 aromatic heterocycles. The molecule has 0 atom stereocenters. The number of nitrogens with two attached hydrogens (primary N) is 1. The molecule has 104 valence electrons. The molecule has 1 aliphatic heterocycles. The van der Waals surface area contributed by atoms with E-state index >= 15 is 0 Å². The van der Waals surface area contributed by atoms with E-state index in [1.807, 2.05) is 0 Å². The lowest BCUT2D eigenvalue weighted by Crippen LogP contribution is -2.20. The van der Waals surface area contributed by atoms with Crippen molar-refractivity contribution in [2.75, 3.05) is 12.0 Å². The topological polar surface area (TPSA) is 73.1 Å². The average Bonchev–Trinajstić information content (AvgIpc) is 2.49. The van der Waals surface area contributed by atoms with E-state index in [2.05, 4.69) is 15.4 Å². The number of anilines is 1. The van der Waals surface area contributed by atoms with Crippen molar-refractivity contribution in [3.05, 3.63) is 52.7 Å². The van der Waals surface area contributed by atoms with Gasteiger partial charge in [-0.3, -0.25) is 0 Å². The lowest BCUT2D eigenvalue weighted by molar-refractivity contribution is 0.109. The van der Waals surface area contributed by atoms with Gasteiger partial charge in [0.25, 0.3) is 0 Å². The van der Waals surface area contributed by atoms with E-state index in [1.165, 1.54) is 6.07 Å². The van der Waals surface area contributed by atoms with Crippen molar-refractivity contribution in [3.8, 4) is 0 Å². The van der Waals surface area contributed by atoms with E-state index < -0.39 is 0 Å². The Morgan fingerprint density at radius 3 is 2.95 bits per heavy atom. The molecule has 1 aliphatic rings. The van der Waals surface area contributed by atoms with E-state index in [4.69, 9.17) is 10.6 Å². The smallest absolute Gasteiger partial charge is 0.149 e. The molecule has 0 unspecified atom stereocenters. The fourth-order valence-electron chi connectivity index (χ4n) is 2.29. The van der Waals surface area contributed by atoms with Crippen LogP contribution in [-0.2, 0) is 24.2 Å². The second-order valence-electron chi connectivity index (χ2n) is 4.63. The van der Waals surface area contributed by atoms with Crippen molar-refractivity contribution < 1.29 is 9.13 Å². The summed E-state index contributed by atoms with van der Waals surface area (Å²) < 4.78 is 19.1. The maximum absolute atomic E-state index is 13.7. The number of ether oxygens (including phenoxy) is 1. The molecule has 0 saturated heterocycles. The molecule has 5 nitrogen and oxygen atoms in total. The third kappa shape index (κ3) is 2.48. The molecule has 6 heteroatoms. The SMILES string of the molecule is NNc1nc(Cc2ccccc2F)nc2c1COCC2. The standard InChI is InChI=1S/C14H15FN4O/c15-11-4-2-1-3-9(11)7-13-17-12-5-6-20-8-10(12)14(18-13)19-16/h1-4H,5-8,16H2,(H,17,18,19). The third-order valence-corrected chi connectivity index (χ3v) is 3.31. The molecule has 1 aromatic carbocycles. The van der Waals surface area contributed by atoms with Crippen LogP contribution in [-0.4, -0.2) is 16.6 Å². The van der Waals surface area contributed by atoms with Crippen LogP contribution in [0.25, 0.3) is 0 Å². The number of nitrogens with one attached hydrogen (secondary N) is 1. The highest BCUT2D eigenvalue weighted by Gasteiger charge is 2.18. The van der Waals surface area contributed by atoms with E-state index in [0.717, 1.165) is 17.7 Å². The first kappa shape index (κ1) is 13.0. The molecule has 3 N–H and O–H groups in total. The predicted molar refractivity (Wildman–Crippen MR) is 72.4 cm³/mol. The maximum atomic E-state index is 13.7. The molecule has 20 heavy (non-hydrogen) atoms. The first-order chi connectivity index (χ1) is 9.78. The molecule has 0 fully saturated rings. The summed E-state index contributed by atoms with van der Waals surface area (Å²) in [5, 5.41) is 0. The van der Waals surface area contributed by atoms with Crippen molar-refractivity contribution in [2.24, 2.45) is 5.84 Å². The Bertz CT molecular complexity index is 615. The zero-order valence-corrected chi connectivity index (χ0v) is 10.9. The molecule has 3 rings (SSSR count). The lowest BCUT2D eigenvalue weighted by Gasteiger charge is -2.19. The minimum absolute atomic E-state index is 0.251. The second-order valence-corrected chi connectivity index (χ2v) is 4.63. The molecule has 2 aromatic rings. The normalized spacial score (nSPS) is 13.9. The minimum atomic E-state index is -0.251. The molecule has 0 aliphatic carbocycles. The van der Waals surface area contributed by atoms with Crippen molar-refractivity contribution in [3.63, 3.8) is 0 Å². The van der Waals surface area contributed by atoms with Crippen LogP contribution in [0.4, 0.5) is 10.2 Å². The summed E-state index contributed by atoms with van der Waals surface area (Å²) in [5.41, 5.74) is 4.95. The van der Waals surface area contributed by atoms with Crippen LogP contribution in [0.3, 0.4) is 0 Å². The number of fused-ring (bicyclic) bond motifs is 1. The molecule has 0 saturated carbocycles. The van der Waals surface area contributed by atoms with Crippen LogP contribution >= 0.6 is 0 Å². The Morgan fingerprint density at radius 2 is 2.15 bits per heavy atom. The lowest BCUT2D eigenvalue weighted by atomic mass is 10.1. The first-order valence-corrected chi connectivity index (χ1v) is 6.44. The summed E-state index contributed by atoms with van der Waals surface area (Å²) in [6.07, 6.45) is 1.06. The van der Waals surface area contributed by atoms with Gasteiger partial charge >= 0.3 is 0 Å². The minimum Gasteiger partial charge on any atom is -0.376 e. The number of halogens is 1. The Kier molecular flexibility index (Phi) is 3.58. The van der Waals surface area contributed by atoms with Gasteiger partial charge in [-0.2, -0.15) is 0 Å². The van der Waals surface area contributed by atoms with E-state index in [-0.39, 0.29) is 5.82 Å². The van der Waals surface area contributed by atoms with Crippen LogP contribution in [0.2, 0.25) is 0 Å². The van der Waals surface area contributed by atoms with Gasteiger partial charge in [0.2, 0.25) is 0 Å². The average molecular weight is 274 g/mol. The van der Waals surface area contributed by atoms with Gasteiger partial charge in [-0.1, -0.05) is 18.2 Å². The van der Waals surface area contributed by atoms with Gasteiger partial charge in [0.15, 0.2) is 0 Å². The highest BCUT2D eigenvalue weighted by Crippen LogP contribution is 2.22. The number of hydrogen-bond acceptors (Lipinski definition) is 5. The van der Waals surface area contributed by atoms with Crippen LogP contribution in [0, 0.1) is 5.82 Å². The van der Waals surface area contributed by atoms with Crippen LogP contribution in [0.15, 0.2) is 24.3 Å². The van der Waals surface area contributed by atoms with Gasteiger partial charge in [-0.15, -0.1) is 0 Å². The number of benzene rings is 1. The molecule has 2 heterocycles. The second kappa shape index (κ2) is 5.52. The van der Waals surface area contributed by atoms with Gasteiger partial charge in [-0.25, -0.2) is 20.2 Å². The quantitative estimate of drug-likeness (QED) is 0.656. The number of nitrogens with zero attached hydrogens (tertiary/aromatic N) is 2. The number of nitrogen functional groups attached to an aromatic ring is 1. The number of hydrogen-bond donors (Lipinski definition) is 2. The molecular weight excluding hydrogens is 259 g/mol. The number of aromatic nitrogens is 2. The third-order valence-electron chi connectivity index (χ3n) is 3.31. The van der Waals surface area contributed by atoms with Crippen molar-refractivity contribution in [1.29, 1.82) is 0 Å². The van der Waals surface area contributed by atoms with Gasteiger partial charge in [0, 0.05) is 18.4 Å². The van der Waals surface area contributed by atoms with Gasteiger partial charge in [-0.05, 0) is 11.6 Å². The fraction of sp³-hybridized carbons (Fsp3) is 0.286. The van der Waals surface area contributed by atoms with Crippen LogP contribution in [0.1, 0.15) is 22.6 Å². The summed E-state index contributed by atoms with van der Waals surface area (Å²) in [4.78, 5) is 8.85. The zero-order valence-electron chi connectivity index (χ0n) is 10.9. The Balaban J connectivity index is 1.96. The van der Waals surface area contributed by atoms with Crippen molar-refractivity contribution in [1.82, 2.24) is 9.97 Å². The largest absolute Gasteiger partial charge is 0.376 e. The van der Waals surface area contributed by atoms with Gasteiger partial charge < -0.3 is 10.2 Å². The summed E-state index contributed by atoms with van der Waals surface area (Å²) in [6.45, 7) is 1.09. The van der Waals surface area contributed by atoms with Crippen LogP contribution in [0.5, 0.6) is 0 Å². The molecule has 0 amide bonds. The number of hydrazine groups is 1. The maximum Gasteiger partial charge on any atom is 0.149 e. The predicted octanol–water partition coefficient (Wildman–Crippen LogP) is 1.56. The summed E-state index contributed by atoms with van der Waals surface area (Å²) in [7, 11) is 0. The Morgan fingerprint density at radius 1 is 1.30 bits per heavy atom. The highest BCUT2D eigenvalue weighted by molar-refractivity contribution is 5.46. The highest BCUT2D eigenvalue weighted by atomic mass is 19.1. The summed E-state index contributed by atoms with van der Waals surface area (Å²) >= 11 is 0.